The zero-order valence-corrected chi connectivity index (χ0v) is 23.3. The molecular formula is C31H29N3O2S2. The molecule has 0 atom stereocenters. The van der Waals surface area contributed by atoms with Gasteiger partial charge in [0.25, 0.3) is 5.91 Å². The van der Waals surface area contributed by atoms with Crippen molar-refractivity contribution in [1.82, 2.24) is 14.7 Å². The van der Waals surface area contributed by atoms with Crippen LogP contribution in [-0.2, 0) is 11.3 Å². The van der Waals surface area contributed by atoms with Crippen molar-refractivity contribution in [1.29, 1.82) is 0 Å². The van der Waals surface area contributed by atoms with E-state index in [0.29, 0.717) is 22.4 Å². The van der Waals surface area contributed by atoms with Gasteiger partial charge in [0.15, 0.2) is 0 Å². The summed E-state index contributed by atoms with van der Waals surface area (Å²) in [6, 6.07) is 24.2. The molecule has 5 nitrogen and oxygen atoms in total. The Labute approximate surface area is 233 Å². The largest absolute Gasteiger partial charge is 0.493 e. The Morgan fingerprint density at radius 3 is 2.50 bits per heavy atom. The van der Waals surface area contributed by atoms with E-state index < -0.39 is 0 Å². The maximum absolute atomic E-state index is 13.4. The summed E-state index contributed by atoms with van der Waals surface area (Å²) in [6.45, 7) is 7.32. The highest BCUT2D eigenvalue weighted by molar-refractivity contribution is 8.26. The third-order valence-electron chi connectivity index (χ3n) is 6.29. The Balaban J connectivity index is 1.50. The fraction of sp³-hybridized carbons (Fsp3) is 0.194. The highest BCUT2D eigenvalue weighted by atomic mass is 32.2. The molecule has 1 aliphatic heterocycles. The molecule has 0 aliphatic carbocycles. The third-order valence-corrected chi connectivity index (χ3v) is 7.67. The molecule has 1 amide bonds. The van der Waals surface area contributed by atoms with E-state index >= 15 is 0 Å². The number of nitrogens with zero attached hydrogens (tertiary/aromatic N) is 3. The average molecular weight is 540 g/mol. The fourth-order valence-corrected chi connectivity index (χ4v) is 5.50. The van der Waals surface area contributed by atoms with Gasteiger partial charge < -0.3 is 4.74 Å². The number of hydrogen-bond acceptors (Lipinski definition) is 5. The van der Waals surface area contributed by atoms with Crippen molar-refractivity contribution in [2.75, 3.05) is 6.61 Å². The van der Waals surface area contributed by atoms with Crippen LogP contribution in [-0.4, -0.2) is 31.5 Å². The van der Waals surface area contributed by atoms with Gasteiger partial charge in [0.1, 0.15) is 15.8 Å². The lowest BCUT2D eigenvalue weighted by molar-refractivity contribution is -0.122. The van der Waals surface area contributed by atoms with Crippen molar-refractivity contribution < 1.29 is 9.53 Å². The molecule has 1 fully saturated rings. The summed E-state index contributed by atoms with van der Waals surface area (Å²) in [7, 11) is 0. The maximum Gasteiger partial charge on any atom is 0.266 e. The van der Waals surface area contributed by atoms with Gasteiger partial charge in [-0.1, -0.05) is 78.9 Å². The van der Waals surface area contributed by atoms with Gasteiger partial charge in [0.05, 0.1) is 23.7 Å². The Morgan fingerprint density at radius 1 is 1.03 bits per heavy atom. The number of para-hydroxylation sites is 1. The maximum atomic E-state index is 13.4. The van der Waals surface area contributed by atoms with Crippen LogP contribution in [0.5, 0.6) is 5.75 Å². The summed E-state index contributed by atoms with van der Waals surface area (Å²) < 4.78 is 8.29. The van der Waals surface area contributed by atoms with Crippen molar-refractivity contribution in [2.45, 2.75) is 33.7 Å². The molecular weight excluding hydrogens is 510 g/mol. The number of rotatable bonds is 8. The molecule has 0 N–H and O–H groups in total. The van der Waals surface area contributed by atoms with Gasteiger partial charge in [-0.15, -0.1) is 0 Å². The van der Waals surface area contributed by atoms with Gasteiger partial charge in [-0.25, -0.2) is 4.68 Å². The van der Waals surface area contributed by atoms with Crippen LogP contribution in [0.25, 0.3) is 23.0 Å². The van der Waals surface area contributed by atoms with Crippen molar-refractivity contribution >= 4 is 40.3 Å². The summed E-state index contributed by atoms with van der Waals surface area (Å²) >= 11 is 6.94. The predicted octanol–water partition coefficient (Wildman–Crippen LogP) is 7.35. The van der Waals surface area contributed by atoms with Crippen LogP contribution in [0.1, 0.15) is 35.6 Å². The number of carbonyl (C=O) groups is 1. The van der Waals surface area contributed by atoms with E-state index in [2.05, 4.69) is 13.0 Å². The van der Waals surface area contributed by atoms with E-state index in [9.17, 15) is 4.79 Å². The van der Waals surface area contributed by atoms with Gasteiger partial charge in [0, 0.05) is 17.3 Å². The zero-order chi connectivity index (χ0) is 26.6. The Bertz CT molecular complexity index is 1510. The number of amides is 1. The minimum Gasteiger partial charge on any atom is -0.493 e. The molecule has 0 saturated carbocycles. The van der Waals surface area contributed by atoms with E-state index in [0.717, 1.165) is 45.8 Å². The zero-order valence-electron chi connectivity index (χ0n) is 21.7. The summed E-state index contributed by atoms with van der Waals surface area (Å²) in [5, 5.41) is 4.93. The molecule has 38 heavy (non-hydrogen) atoms. The van der Waals surface area contributed by atoms with E-state index in [-0.39, 0.29) is 5.91 Å². The number of aromatic nitrogens is 2. The molecule has 0 radical (unpaired) electrons. The molecule has 2 heterocycles. The molecule has 0 spiro atoms. The first-order valence-electron chi connectivity index (χ1n) is 12.6. The van der Waals surface area contributed by atoms with Crippen LogP contribution < -0.4 is 4.74 Å². The fourth-order valence-electron chi connectivity index (χ4n) is 4.25. The minimum atomic E-state index is -0.0847. The number of thiocarbonyl (C=S) groups is 1. The van der Waals surface area contributed by atoms with Crippen molar-refractivity contribution in [3.8, 4) is 22.7 Å². The summed E-state index contributed by atoms with van der Waals surface area (Å²) in [5.41, 5.74) is 6.82. The molecule has 1 saturated heterocycles. The van der Waals surface area contributed by atoms with Crippen LogP contribution in [0, 0.1) is 13.8 Å². The van der Waals surface area contributed by atoms with Crippen molar-refractivity contribution in [3.63, 3.8) is 0 Å². The molecule has 0 bridgehead atoms. The van der Waals surface area contributed by atoms with Crippen molar-refractivity contribution in [2.24, 2.45) is 0 Å². The Kier molecular flexibility index (Phi) is 7.77. The van der Waals surface area contributed by atoms with Gasteiger partial charge in [-0.05, 0) is 67.8 Å². The summed E-state index contributed by atoms with van der Waals surface area (Å²) in [6.07, 6.45) is 4.83. The van der Waals surface area contributed by atoms with Gasteiger partial charge in [-0.3, -0.25) is 9.69 Å². The monoisotopic (exact) mass is 539 g/mol. The highest BCUT2D eigenvalue weighted by Gasteiger charge is 2.32. The van der Waals surface area contributed by atoms with Crippen LogP contribution in [0.15, 0.2) is 83.9 Å². The molecule has 0 unspecified atom stereocenters. The molecule has 1 aliphatic rings. The van der Waals surface area contributed by atoms with Crippen LogP contribution in [0.2, 0.25) is 0 Å². The van der Waals surface area contributed by atoms with E-state index in [4.69, 9.17) is 22.1 Å². The van der Waals surface area contributed by atoms with E-state index in [1.165, 1.54) is 17.3 Å². The smallest absolute Gasteiger partial charge is 0.266 e. The molecule has 4 aromatic rings. The Morgan fingerprint density at radius 2 is 1.79 bits per heavy atom. The lowest BCUT2D eigenvalue weighted by Crippen LogP contribution is -2.27. The minimum absolute atomic E-state index is 0.0847. The van der Waals surface area contributed by atoms with Crippen LogP contribution in [0.3, 0.4) is 0 Å². The molecule has 7 heteroatoms. The molecule has 1 aromatic heterocycles. The van der Waals surface area contributed by atoms with Gasteiger partial charge >= 0.3 is 0 Å². The van der Waals surface area contributed by atoms with Gasteiger partial charge in [0.2, 0.25) is 0 Å². The molecule has 192 valence electrons. The van der Waals surface area contributed by atoms with Crippen LogP contribution in [0.4, 0.5) is 0 Å². The first kappa shape index (κ1) is 25.9. The first-order chi connectivity index (χ1) is 18.4. The third kappa shape index (κ3) is 5.59. The Hall–Kier alpha value is -3.68. The highest BCUT2D eigenvalue weighted by Crippen LogP contribution is 2.36. The number of aryl methyl sites for hydroxylation is 2. The second-order valence-corrected chi connectivity index (χ2v) is 11.0. The topological polar surface area (TPSA) is 47.4 Å². The van der Waals surface area contributed by atoms with Gasteiger partial charge in [-0.2, -0.15) is 5.10 Å². The van der Waals surface area contributed by atoms with E-state index in [1.807, 2.05) is 97.5 Å². The number of ether oxygens (including phenoxy) is 1. The van der Waals surface area contributed by atoms with E-state index in [1.54, 1.807) is 4.90 Å². The quantitative estimate of drug-likeness (QED) is 0.173. The average Bonchev–Trinajstić information content (AvgIpc) is 3.46. The number of carbonyl (C=O) groups excluding carboxylic acids is 1. The normalized spacial score (nSPS) is 14.5. The second-order valence-electron chi connectivity index (χ2n) is 9.30. The summed E-state index contributed by atoms with van der Waals surface area (Å²) in [5.74, 6) is 0.787. The number of thioether (sulfide) groups is 1. The molecule has 5 rings (SSSR count). The predicted molar refractivity (Wildman–Crippen MR) is 159 cm³/mol. The van der Waals surface area contributed by atoms with Crippen molar-refractivity contribution in [3.05, 3.63) is 106 Å². The standard InChI is InChI=1S/C31H29N3O2S2/c1-4-16-36-27-15-14-24(17-22(27)3)29-25(20-34(32-29)26-8-6-5-7-9-26)18-28-30(35)33(31(37)38-28)19-23-12-10-21(2)11-13-23/h5-15,17-18,20H,4,16,19H2,1-3H3. The number of hydrogen-bond donors (Lipinski definition) is 0. The lowest BCUT2D eigenvalue weighted by Gasteiger charge is -2.14. The first-order valence-corrected chi connectivity index (χ1v) is 13.8. The second kappa shape index (κ2) is 11.4. The number of benzene rings is 3. The van der Waals surface area contributed by atoms with Crippen LogP contribution >= 0.6 is 24.0 Å². The lowest BCUT2D eigenvalue weighted by atomic mass is 10.0. The SMILES string of the molecule is CCCOc1ccc(-c2nn(-c3ccccc3)cc2C=C2SC(=S)N(Cc3ccc(C)cc3)C2=O)cc1C. The molecule has 3 aromatic carbocycles. The summed E-state index contributed by atoms with van der Waals surface area (Å²) in [4.78, 5) is 15.7.